The van der Waals surface area contributed by atoms with Crippen molar-refractivity contribution in [2.24, 2.45) is 0 Å². The number of aryl methyl sites for hydroxylation is 3. The number of epoxide rings is 1. The van der Waals surface area contributed by atoms with Crippen LogP contribution >= 0.6 is 0 Å². The Morgan fingerprint density at radius 3 is 1.61 bits per heavy atom. The van der Waals surface area contributed by atoms with Crippen LogP contribution < -0.4 is 0 Å². The standard InChI is InChI=1S/C30H34O3/c1-5-6-7-8-21-32-28(31)30(27-19-13-24(4)14-20-27)29(33-30,25-15-9-22(2)10-16-25)26-17-11-23(3)12-18-26/h9-20H,5-8,21H2,1-4H3. The van der Waals surface area contributed by atoms with Crippen molar-refractivity contribution in [1.82, 2.24) is 0 Å². The third kappa shape index (κ3) is 4.22. The first-order valence-corrected chi connectivity index (χ1v) is 12.0. The van der Waals surface area contributed by atoms with Gasteiger partial charge in [0.05, 0.1) is 6.61 Å². The summed E-state index contributed by atoms with van der Waals surface area (Å²) in [5, 5.41) is 0. The van der Waals surface area contributed by atoms with Gasteiger partial charge in [0.15, 0.2) is 5.60 Å². The first kappa shape index (κ1) is 23.3. The van der Waals surface area contributed by atoms with Gasteiger partial charge in [0.2, 0.25) is 5.60 Å². The molecule has 3 aromatic carbocycles. The highest BCUT2D eigenvalue weighted by molar-refractivity contribution is 5.89. The van der Waals surface area contributed by atoms with E-state index in [0.29, 0.717) is 6.61 Å². The number of benzene rings is 3. The minimum absolute atomic E-state index is 0.316. The second kappa shape index (κ2) is 9.52. The molecule has 1 fully saturated rings. The quantitative estimate of drug-likeness (QED) is 0.205. The molecule has 0 aromatic heterocycles. The fourth-order valence-corrected chi connectivity index (χ4v) is 4.62. The summed E-state index contributed by atoms with van der Waals surface area (Å²) in [6, 6.07) is 24.6. The van der Waals surface area contributed by atoms with Crippen LogP contribution in [-0.2, 0) is 25.5 Å². The molecule has 0 N–H and O–H groups in total. The number of rotatable bonds is 9. The molecule has 4 rings (SSSR count). The molecule has 1 heterocycles. The van der Waals surface area contributed by atoms with Crippen molar-refractivity contribution < 1.29 is 14.3 Å². The molecule has 1 saturated heterocycles. The molecule has 0 aliphatic carbocycles. The van der Waals surface area contributed by atoms with Crippen molar-refractivity contribution >= 4 is 5.97 Å². The maximum absolute atomic E-state index is 13.8. The van der Waals surface area contributed by atoms with Gasteiger partial charge in [0.25, 0.3) is 0 Å². The molecular formula is C30H34O3. The monoisotopic (exact) mass is 442 g/mol. The molecule has 0 bridgehead atoms. The second-order valence-electron chi connectivity index (χ2n) is 9.26. The van der Waals surface area contributed by atoms with Crippen LogP contribution in [0.1, 0.15) is 66.0 Å². The van der Waals surface area contributed by atoms with E-state index < -0.39 is 11.2 Å². The molecule has 33 heavy (non-hydrogen) atoms. The zero-order chi connectivity index (χ0) is 23.5. The van der Waals surface area contributed by atoms with Crippen LogP contribution in [0.15, 0.2) is 72.8 Å². The summed E-state index contributed by atoms with van der Waals surface area (Å²) < 4.78 is 12.5. The van der Waals surface area contributed by atoms with Gasteiger partial charge in [0.1, 0.15) is 0 Å². The minimum Gasteiger partial charge on any atom is -0.463 e. The molecule has 1 unspecified atom stereocenters. The molecule has 1 atom stereocenters. The zero-order valence-electron chi connectivity index (χ0n) is 20.2. The minimum atomic E-state index is -1.21. The molecule has 172 valence electrons. The zero-order valence-corrected chi connectivity index (χ0v) is 20.2. The van der Waals surface area contributed by atoms with Crippen LogP contribution in [0.3, 0.4) is 0 Å². The Labute approximate surface area is 197 Å². The average Bonchev–Trinajstić information content (AvgIpc) is 3.52. The number of hydrogen-bond acceptors (Lipinski definition) is 3. The summed E-state index contributed by atoms with van der Waals surface area (Å²) in [4.78, 5) is 13.8. The normalized spacial score (nSPS) is 18.7. The van der Waals surface area contributed by atoms with Crippen molar-refractivity contribution in [2.75, 3.05) is 6.61 Å². The van der Waals surface area contributed by atoms with Crippen LogP contribution in [0, 0.1) is 20.8 Å². The van der Waals surface area contributed by atoms with E-state index in [1.54, 1.807) is 0 Å². The van der Waals surface area contributed by atoms with Crippen LogP contribution in [0.5, 0.6) is 0 Å². The van der Waals surface area contributed by atoms with Crippen molar-refractivity contribution in [1.29, 1.82) is 0 Å². The summed E-state index contributed by atoms with van der Waals surface area (Å²) in [7, 11) is 0. The predicted molar refractivity (Wildman–Crippen MR) is 132 cm³/mol. The maximum atomic E-state index is 13.8. The summed E-state index contributed by atoms with van der Waals surface area (Å²) in [6.45, 7) is 8.76. The lowest BCUT2D eigenvalue weighted by atomic mass is 9.76. The van der Waals surface area contributed by atoms with E-state index in [2.05, 4.69) is 69.3 Å². The molecule has 1 aliphatic heterocycles. The van der Waals surface area contributed by atoms with Crippen LogP contribution in [0.2, 0.25) is 0 Å². The molecule has 0 amide bonds. The SMILES string of the molecule is CCCCCCOC(=O)C1(c2ccc(C)cc2)OC1(c1ccc(C)cc1)c1ccc(C)cc1. The van der Waals surface area contributed by atoms with E-state index in [4.69, 9.17) is 9.47 Å². The van der Waals surface area contributed by atoms with Gasteiger partial charge in [-0.05, 0) is 43.9 Å². The predicted octanol–water partition coefficient (Wildman–Crippen LogP) is 6.90. The van der Waals surface area contributed by atoms with Gasteiger partial charge in [-0.3, -0.25) is 0 Å². The van der Waals surface area contributed by atoms with E-state index in [9.17, 15) is 4.79 Å². The number of esters is 1. The van der Waals surface area contributed by atoms with Crippen molar-refractivity contribution in [3.8, 4) is 0 Å². The number of hydrogen-bond donors (Lipinski definition) is 0. The van der Waals surface area contributed by atoms with E-state index >= 15 is 0 Å². The molecule has 0 saturated carbocycles. The van der Waals surface area contributed by atoms with Gasteiger partial charge in [-0.15, -0.1) is 0 Å². The summed E-state index contributed by atoms with van der Waals surface area (Å²) in [5.41, 5.74) is 4.07. The molecule has 0 spiro atoms. The molecule has 3 heteroatoms. The number of unbranched alkanes of at least 4 members (excludes halogenated alkanes) is 3. The molecule has 0 radical (unpaired) electrons. The first-order chi connectivity index (χ1) is 15.9. The Kier molecular flexibility index (Phi) is 6.71. The average molecular weight is 443 g/mol. The maximum Gasteiger partial charge on any atom is 0.347 e. The fourth-order valence-electron chi connectivity index (χ4n) is 4.62. The second-order valence-corrected chi connectivity index (χ2v) is 9.26. The lowest BCUT2D eigenvalue weighted by molar-refractivity contribution is -0.150. The largest absolute Gasteiger partial charge is 0.463 e. The third-order valence-corrected chi connectivity index (χ3v) is 6.65. The van der Waals surface area contributed by atoms with E-state index in [-0.39, 0.29) is 5.97 Å². The van der Waals surface area contributed by atoms with Crippen molar-refractivity contribution in [3.05, 3.63) is 106 Å². The number of carbonyl (C=O) groups excluding carboxylic acids is 1. The van der Waals surface area contributed by atoms with Crippen molar-refractivity contribution in [2.45, 2.75) is 64.6 Å². The Hall–Kier alpha value is -2.91. The van der Waals surface area contributed by atoms with Gasteiger partial charge < -0.3 is 9.47 Å². The van der Waals surface area contributed by atoms with Gasteiger partial charge >= 0.3 is 5.97 Å². The van der Waals surface area contributed by atoms with E-state index in [1.165, 1.54) is 0 Å². The van der Waals surface area contributed by atoms with Gasteiger partial charge in [-0.1, -0.05) is 116 Å². The molecular weight excluding hydrogens is 408 g/mol. The fraction of sp³-hybridized carbons (Fsp3) is 0.367. The Balaban J connectivity index is 1.80. The third-order valence-electron chi connectivity index (χ3n) is 6.65. The Morgan fingerprint density at radius 1 is 0.697 bits per heavy atom. The Morgan fingerprint density at radius 2 is 1.15 bits per heavy atom. The lowest BCUT2D eigenvalue weighted by Crippen LogP contribution is -2.33. The van der Waals surface area contributed by atoms with Gasteiger partial charge in [0, 0.05) is 0 Å². The molecule has 1 aliphatic rings. The Bertz CT molecular complexity index is 1040. The van der Waals surface area contributed by atoms with Crippen LogP contribution in [-0.4, -0.2) is 12.6 Å². The van der Waals surface area contributed by atoms with Crippen molar-refractivity contribution in [3.63, 3.8) is 0 Å². The topological polar surface area (TPSA) is 38.8 Å². The molecule has 3 aromatic rings. The highest BCUT2D eigenvalue weighted by atomic mass is 16.7. The summed E-state index contributed by atoms with van der Waals surface area (Å²) >= 11 is 0. The lowest BCUT2D eigenvalue weighted by Gasteiger charge is -2.21. The van der Waals surface area contributed by atoms with E-state index in [1.807, 2.05) is 31.2 Å². The van der Waals surface area contributed by atoms with Gasteiger partial charge in [-0.2, -0.15) is 0 Å². The molecule has 3 nitrogen and oxygen atoms in total. The highest BCUT2D eigenvalue weighted by Gasteiger charge is 2.78. The van der Waals surface area contributed by atoms with Gasteiger partial charge in [-0.25, -0.2) is 4.79 Å². The summed E-state index contributed by atoms with van der Waals surface area (Å²) in [6.07, 6.45) is 4.22. The number of carbonyl (C=O) groups is 1. The van der Waals surface area contributed by atoms with Crippen LogP contribution in [0.4, 0.5) is 0 Å². The smallest absolute Gasteiger partial charge is 0.347 e. The summed E-state index contributed by atoms with van der Waals surface area (Å²) in [5.74, 6) is -0.316. The van der Waals surface area contributed by atoms with Crippen LogP contribution in [0.25, 0.3) is 0 Å². The number of ether oxygens (including phenoxy) is 2. The first-order valence-electron chi connectivity index (χ1n) is 12.0. The highest BCUT2D eigenvalue weighted by Crippen LogP contribution is 2.66. The van der Waals surface area contributed by atoms with E-state index in [0.717, 1.165) is 59.1 Å².